The number of benzene rings is 1. The lowest BCUT2D eigenvalue weighted by molar-refractivity contribution is 0.0227. The first kappa shape index (κ1) is 20.9. The molecule has 0 bridgehead atoms. The van der Waals surface area contributed by atoms with E-state index in [1.165, 1.54) is 17.8 Å². The number of aliphatic imine (C=N–C) groups is 1. The van der Waals surface area contributed by atoms with Crippen LogP contribution in [-0.4, -0.2) is 35.8 Å². The van der Waals surface area contributed by atoms with Gasteiger partial charge in [-0.1, -0.05) is 11.8 Å². The molecule has 154 valence electrons. The lowest BCUT2D eigenvalue weighted by Gasteiger charge is -2.46. The summed E-state index contributed by atoms with van der Waals surface area (Å²) < 4.78 is 25.7. The Morgan fingerprint density at radius 2 is 2.18 bits per heavy atom. The predicted octanol–water partition coefficient (Wildman–Crippen LogP) is 4.05. The normalized spacial score (nSPS) is 27.5. The zero-order chi connectivity index (χ0) is 20.5. The van der Waals surface area contributed by atoms with Gasteiger partial charge in [0.1, 0.15) is 11.4 Å². The van der Waals surface area contributed by atoms with Gasteiger partial charge in [-0.25, -0.2) is 9.18 Å². The van der Waals surface area contributed by atoms with Gasteiger partial charge in [0.05, 0.1) is 11.6 Å². The van der Waals surface area contributed by atoms with Crippen LogP contribution in [0.3, 0.4) is 0 Å². The average molecular weight is 410 g/mol. The van der Waals surface area contributed by atoms with Gasteiger partial charge in [-0.05, 0) is 58.2 Å². The maximum atomic E-state index is 14.8. The molecular formula is C20H28FN3O3S. The number of carbonyl (C=O) groups excluding carboxylic acids is 1. The number of hydrogen-bond acceptors (Lipinski definition) is 6. The highest BCUT2D eigenvalue weighted by molar-refractivity contribution is 8.13. The number of amidine groups is 1. The molecule has 28 heavy (non-hydrogen) atoms. The lowest BCUT2D eigenvalue weighted by atomic mass is 9.68. The summed E-state index contributed by atoms with van der Waals surface area (Å²) >= 11 is 1.45. The fourth-order valence-corrected chi connectivity index (χ4v) is 5.07. The first-order valence-corrected chi connectivity index (χ1v) is 10.4. The minimum atomic E-state index is -0.774. The molecule has 3 rings (SSSR count). The second kappa shape index (κ2) is 7.91. The van der Waals surface area contributed by atoms with Gasteiger partial charge in [0.2, 0.25) is 0 Å². The van der Waals surface area contributed by atoms with E-state index >= 15 is 0 Å². The van der Waals surface area contributed by atoms with Crippen LogP contribution in [0.4, 0.5) is 14.9 Å². The highest BCUT2D eigenvalue weighted by Gasteiger charge is 2.49. The number of fused-ring (bicyclic) bond motifs is 1. The Labute approximate surface area is 169 Å². The molecule has 0 saturated heterocycles. The summed E-state index contributed by atoms with van der Waals surface area (Å²) in [5.74, 6) is 0.446. The zero-order valence-electron chi connectivity index (χ0n) is 16.8. The van der Waals surface area contributed by atoms with E-state index in [-0.39, 0.29) is 17.8 Å². The number of hydrogen-bond donors (Lipinski definition) is 2. The fraction of sp³-hybridized carbons (Fsp3) is 0.600. The van der Waals surface area contributed by atoms with Crippen molar-refractivity contribution in [3.8, 4) is 0 Å². The van der Waals surface area contributed by atoms with E-state index in [0.717, 1.165) is 12.8 Å². The number of carbonyl (C=O) groups is 1. The topological polar surface area (TPSA) is 85.9 Å². The molecule has 3 atom stereocenters. The number of nitrogens with zero attached hydrogens (tertiary/aromatic N) is 1. The van der Waals surface area contributed by atoms with Crippen molar-refractivity contribution < 1.29 is 18.7 Å². The molecule has 0 spiro atoms. The van der Waals surface area contributed by atoms with Crippen LogP contribution in [0.5, 0.6) is 0 Å². The molecular weight excluding hydrogens is 381 g/mol. The Morgan fingerprint density at radius 3 is 2.86 bits per heavy atom. The van der Waals surface area contributed by atoms with Crippen LogP contribution in [0.25, 0.3) is 0 Å². The molecule has 0 aromatic heterocycles. The Bertz CT molecular complexity index is 780. The van der Waals surface area contributed by atoms with E-state index < -0.39 is 17.2 Å². The summed E-state index contributed by atoms with van der Waals surface area (Å²) in [6.45, 7) is 5.40. The predicted molar refractivity (Wildman–Crippen MR) is 110 cm³/mol. The summed E-state index contributed by atoms with van der Waals surface area (Å²) in [5, 5.41) is 3.18. The van der Waals surface area contributed by atoms with E-state index in [9.17, 15) is 9.18 Å². The number of nitrogens with two attached hydrogens (primary N) is 1. The number of nitrogen functional groups attached to an aromatic ring is 1. The highest BCUT2D eigenvalue weighted by Crippen LogP contribution is 2.50. The molecule has 8 heteroatoms. The van der Waals surface area contributed by atoms with Crippen LogP contribution in [0.2, 0.25) is 0 Å². The SMILES string of the molecule is CO[C@@H]1CCC2(c3cc(N)ccc3F)N=C(NC(=O)OC(C)(C)C)SCC2C1. The number of rotatable bonds is 2. The van der Waals surface area contributed by atoms with Crippen molar-refractivity contribution in [3.63, 3.8) is 0 Å². The van der Waals surface area contributed by atoms with Gasteiger partial charge in [0.25, 0.3) is 0 Å². The van der Waals surface area contributed by atoms with Crippen molar-refractivity contribution in [1.82, 2.24) is 5.32 Å². The molecule has 6 nitrogen and oxygen atoms in total. The summed E-state index contributed by atoms with van der Waals surface area (Å²) in [5.41, 5.74) is 5.55. The Balaban J connectivity index is 1.97. The van der Waals surface area contributed by atoms with Gasteiger partial charge in [0, 0.05) is 30.0 Å². The molecule has 2 unspecified atom stereocenters. The number of amides is 1. The monoisotopic (exact) mass is 409 g/mol. The van der Waals surface area contributed by atoms with Crippen molar-refractivity contribution in [3.05, 3.63) is 29.6 Å². The van der Waals surface area contributed by atoms with Crippen molar-refractivity contribution >= 4 is 28.7 Å². The molecule has 3 N–H and O–H groups in total. The third kappa shape index (κ3) is 4.43. The number of methoxy groups -OCH3 is 1. The van der Waals surface area contributed by atoms with E-state index in [0.29, 0.717) is 28.6 Å². The quantitative estimate of drug-likeness (QED) is 0.720. The summed E-state index contributed by atoms with van der Waals surface area (Å²) in [7, 11) is 1.70. The molecule has 1 saturated carbocycles. The van der Waals surface area contributed by atoms with Gasteiger partial charge < -0.3 is 15.2 Å². The Morgan fingerprint density at radius 1 is 1.43 bits per heavy atom. The van der Waals surface area contributed by atoms with Crippen LogP contribution in [0, 0.1) is 11.7 Å². The van der Waals surface area contributed by atoms with Crippen LogP contribution in [0.15, 0.2) is 23.2 Å². The number of thioether (sulfide) groups is 1. The standard InChI is InChI=1S/C20H28FN3O3S/c1-19(2,3)27-18(25)23-17-24-20(15-10-13(22)5-6-16(15)21)8-7-14(26-4)9-12(20)11-28-17/h5-6,10,12,14H,7-9,11,22H2,1-4H3,(H,23,24,25)/t12?,14-,20?/m1/s1. The van der Waals surface area contributed by atoms with E-state index in [2.05, 4.69) is 5.32 Å². The molecule has 1 aliphatic heterocycles. The van der Waals surface area contributed by atoms with E-state index in [4.69, 9.17) is 20.2 Å². The van der Waals surface area contributed by atoms with Gasteiger partial charge >= 0.3 is 6.09 Å². The molecule has 1 aromatic rings. The molecule has 1 amide bonds. The average Bonchev–Trinajstić information content (AvgIpc) is 2.61. The van der Waals surface area contributed by atoms with E-state index in [1.807, 2.05) is 0 Å². The second-order valence-electron chi connectivity index (χ2n) is 8.35. The summed E-state index contributed by atoms with van der Waals surface area (Å²) in [6, 6.07) is 4.60. The third-order valence-electron chi connectivity index (χ3n) is 5.19. The van der Waals surface area contributed by atoms with Crippen molar-refractivity contribution in [2.24, 2.45) is 10.9 Å². The molecule has 1 aromatic carbocycles. The van der Waals surface area contributed by atoms with Crippen molar-refractivity contribution in [2.45, 2.75) is 57.3 Å². The number of halogens is 1. The second-order valence-corrected chi connectivity index (χ2v) is 9.36. The number of alkyl carbamates (subject to hydrolysis) is 1. The molecule has 1 aliphatic carbocycles. The van der Waals surface area contributed by atoms with Crippen LogP contribution >= 0.6 is 11.8 Å². The van der Waals surface area contributed by atoms with Crippen molar-refractivity contribution in [1.29, 1.82) is 0 Å². The Kier molecular flexibility index (Phi) is 5.91. The molecule has 1 fully saturated rings. The minimum absolute atomic E-state index is 0.0803. The maximum absolute atomic E-state index is 14.8. The fourth-order valence-electron chi connectivity index (χ4n) is 3.92. The van der Waals surface area contributed by atoms with Crippen molar-refractivity contribution in [2.75, 3.05) is 18.6 Å². The molecule has 1 heterocycles. The van der Waals surface area contributed by atoms with Crippen LogP contribution in [0.1, 0.15) is 45.6 Å². The van der Waals surface area contributed by atoms with Gasteiger partial charge in [-0.2, -0.15) is 0 Å². The zero-order valence-corrected chi connectivity index (χ0v) is 17.6. The number of ether oxygens (including phenoxy) is 2. The maximum Gasteiger partial charge on any atom is 0.413 e. The first-order chi connectivity index (χ1) is 13.1. The van der Waals surface area contributed by atoms with Gasteiger partial charge in [-0.3, -0.25) is 10.3 Å². The third-order valence-corrected chi connectivity index (χ3v) is 6.23. The largest absolute Gasteiger partial charge is 0.444 e. The van der Waals surface area contributed by atoms with Gasteiger partial charge in [-0.15, -0.1) is 0 Å². The first-order valence-electron chi connectivity index (χ1n) is 9.44. The number of nitrogens with one attached hydrogen (secondary N) is 1. The highest BCUT2D eigenvalue weighted by atomic mass is 32.2. The smallest absolute Gasteiger partial charge is 0.413 e. The molecule has 0 radical (unpaired) electrons. The lowest BCUT2D eigenvalue weighted by Crippen LogP contribution is -2.48. The summed E-state index contributed by atoms with van der Waals surface area (Å²) in [4.78, 5) is 17.1. The molecule has 2 aliphatic rings. The van der Waals surface area contributed by atoms with Crippen LogP contribution < -0.4 is 11.1 Å². The van der Waals surface area contributed by atoms with Gasteiger partial charge in [0.15, 0.2) is 5.17 Å². The summed E-state index contributed by atoms with van der Waals surface area (Å²) in [6.07, 6.45) is 1.72. The van der Waals surface area contributed by atoms with Crippen LogP contribution in [-0.2, 0) is 15.0 Å². The number of anilines is 1. The van der Waals surface area contributed by atoms with E-state index in [1.54, 1.807) is 40.0 Å². The Hall–Kier alpha value is -1.80. The minimum Gasteiger partial charge on any atom is -0.444 e.